The molecule has 1 aliphatic heterocycles. The number of hydrogen-bond donors (Lipinski definition) is 2. The number of allylic oxidation sites excluding steroid dienone is 3. The summed E-state index contributed by atoms with van der Waals surface area (Å²) in [4.78, 5) is 13.0. The Balaban J connectivity index is 1.97. The predicted octanol–water partition coefficient (Wildman–Crippen LogP) is 3.64. The number of benzene rings is 1. The molecule has 0 aromatic heterocycles. The highest BCUT2D eigenvalue weighted by molar-refractivity contribution is 5.77. The number of urea groups is 1. The molecule has 0 aliphatic carbocycles. The van der Waals surface area contributed by atoms with Gasteiger partial charge in [0, 0.05) is 13.0 Å². The first kappa shape index (κ1) is 18.6. The monoisotopic (exact) mass is 351 g/mol. The Bertz CT molecular complexity index is 724. The summed E-state index contributed by atoms with van der Waals surface area (Å²) < 4.78 is 39.2. The zero-order chi connectivity index (χ0) is 18.6. The molecule has 0 saturated carbocycles. The van der Waals surface area contributed by atoms with E-state index in [4.69, 9.17) is 5.73 Å². The molecule has 0 radical (unpaired) electrons. The van der Waals surface area contributed by atoms with E-state index in [9.17, 15) is 18.0 Å². The largest absolute Gasteiger partial charge is 0.397 e. The Morgan fingerprint density at radius 1 is 1.32 bits per heavy atom. The van der Waals surface area contributed by atoms with Crippen LogP contribution in [-0.2, 0) is 0 Å². The Morgan fingerprint density at radius 3 is 2.52 bits per heavy atom. The maximum absolute atomic E-state index is 13.1. The highest BCUT2D eigenvalue weighted by Gasteiger charge is 2.40. The van der Waals surface area contributed by atoms with Crippen molar-refractivity contribution in [2.24, 2.45) is 5.73 Å². The van der Waals surface area contributed by atoms with E-state index in [1.807, 2.05) is 6.92 Å². The van der Waals surface area contributed by atoms with Crippen molar-refractivity contribution < 1.29 is 18.0 Å². The van der Waals surface area contributed by atoms with Crippen molar-refractivity contribution in [1.82, 2.24) is 10.2 Å². The lowest BCUT2D eigenvalue weighted by Crippen LogP contribution is -2.39. The average Bonchev–Trinajstić information content (AvgIpc) is 2.93. The molecule has 1 fully saturated rings. The van der Waals surface area contributed by atoms with Crippen molar-refractivity contribution in [2.45, 2.75) is 19.3 Å². The first-order valence-electron chi connectivity index (χ1n) is 7.71. The summed E-state index contributed by atoms with van der Waals surface area (Å²) in [5.41, 5.74) is 7.82. The van der Waals surface area contributed by atoms with Gasteiger partial charge in [0.25, 0.3) is 5.92 Å². The van der Waals surface area contributed by atoms with Gasteiger partial charge in [-0.2, -0.15) is 0 Å². The molecule has 1 aromatic rings. The van der Waals surface area contributed by atoms with E-state index >= 15 is 0 Å². The van der Waals surface area contributed by atoms with Crippen molar-refractivity contribution in [3.05, 3.63) is 65.8 Å². The Kier molecular flexibility index (Phi) is 5.56. The number of nitrogens with one attached hydrogen (secondary N) is 1. The first-order chi connectivity index (χ1) is 11.7. The van der Waals surface area contributed by atoms with Crippen molar-refractivity contribution in [3.8, 4) is 0 Å². The maximum atomic E-state index is 13.1. The van der Waals surface area contributed by atoms with Crippen molar-refractivity contribution >= 4 is 11.6 Å². The number of carbonyl (C=O) groups is 1. The molecule has 134 valence electrons. The van der Waals surface area contributed by atoms with E-state index in [0.717, 1.165) is 16.0 Å². The van der Waals surface area contributed by atoms with Crippen molar-refractivity contribution in [2.75, 3.05) is 13.1 Å². The van der Waals surface area contributed by atoms with Crippen molar-refractivity contribution in [1.29, 1.82) is 0 Å². The number of nitrogens with two attached hydrogens (primary N) is 1. The van der Waals surface area contributed by atoms with Crippen LogP contribution in [-0.4, -0.2) is 29.9 Å². The number of likely N-dealkylation sites (tertiary alicyclic amines) is 1. The molecule has 1 heterocycles. The van der Waals surface area contributed by atoms with Crippen LogP contribution in [0.5, 0.6) is 0 Å². The molecule has 25 heavy (non-hydrogen) atoms. The Morgan fingerprint density at radius 2 is 1.96 bits per heavy atom. The summed E-state index contributed by atoms with van der Waals surface area (Å²) in [6.07, 6.45) is 2.89. The maximum Gasteiger partial charge on any atom is 0.322 e. The van der Waals surface area contributed by atoms with E-state index in [-0.39, 0.29) is 30.2 Å². The molecule has 0 unspecified atom stereocenters. The molecule has 3 N–H and O–H groups in total. The van der Waals surface area contributed by atoms with Gasteiger partial charge < -0.3 is 16.0 Å². The van der Waals surface area contributed by atoms with E-state index in [1.54, 1.807) is 24.3 Å². The third-order valence-corrected chi connectivity index (χ3v) is 3.88. The van der Waals surface area contributed by atoms with Crippen LogP contribution in [0, 0.1) is 5.82 Å². The summed E-state index contributed by atoms with van der Waals surface area (Å²) >= 11 is 0. The third-order valence-electron chi connectivity index (χ3n) is 3.88. The lowest BCUT2D eigenvalue weighted by Gasteiger charge is -2.18. The minimum Gasteiger partial charge on any atom is -0.397 e. The highest BCUT2D eigenvalue weighted by Crippen LogP contribution is 2.26. The summed E-state index contributed by atoms with van der Waals surface area (Å²) in [7, 11) is 0. The van der Waals surface area contributed by atoms with Crippen LogP contribution in [0.4, 0.5) is 18.0 Å². The topological polar surface area (TPSA) is 58.4 Å². The normalized spacial score (nSPS) is 17.5. The first-order valence-corrected chi connectivity index (χ1v) is 7.71. The predicted molar refractivity (Wildman–Crippen MR) is 91.1 cm³/mol. The zero-order valence-corrected chi connectivity index (χ0v) is 13.9. The van der Waals surface area contributed by atoms with Gasteiger partial charge in [-0.1, -0.05) is 24.8 Å². The van der Waals surface area contributed by atoms with Crippen LogP contribution in [0.3, 0.4) is 0 Å². The molecule has 0 spiro atoms. The van der Waals surface area contributed by atoms with E-state index in [1.165, 1.54) is 12.1 Å². The number of rotatable bonds is 4. The fourth-order valence-electron chi connectivity index (χ4n) is 2.31. The van der Waals surface area contributed by atoms with E-state index in [2.05, 4.69) is 11.9 Å². The number of carbonyl (C=O) groups excluding carboxylic acids is 1. The fraction of sp³-hybridized carbons (Fsp3) is 0.278. The lowest BCUT2D eigenvalue weighted by molar-refractivity contribution is 0.0155. The minimum atomic E-state index is -2.85. The van der Waals surface area contributed by atoms with Gasteiger partial charge in [-0.05, 0) is 36.3 Å². The third kappa shape index (κ3) is 5.14. The van der Waals surface area contributed by atoms with E-state index < -0.39 is 18.5 Å². The van der Waals surface area contributed by atoms with Gasteiger partial charge in [0.15, 0.2) is 0 Å². The van der Waals surface area contributed by atoms with Crippen LogP contribution < -0.4 is 11.1 Å². The highest BCUT2D eigenvalue weighted by atomic mass is 19.3. The molecule has 0 bridgehead atoms. The molecule has 1 aliphatic rings. The summed E-state index contributed by atoms with van der Waals surface area (Å²) in [6, 6.07) is 5.32. The number of hydrogen-bond acceptors (Lipinski definition) is 2. The van der Waals surface area contributed by atoms with Crippen LogP contribution in [0.15, 0.2) is 54.4 Å². The van der Waals surface area contributed by atoms with Gasteiger partial charge in [0.05, 0.1) is 17.9 Å². The smallest absolute Gasteiger partial charge is 0.322 e. The second-order valence-corrected chi connectivity index (χ2v) is 5.91. The number of nitrogens with zero attached hydrogens (tertiary/aromatic N) is 1. The van der Waals surface area contributed by atoms with Crippen LogP contribution >= 0.6 is 0 Å². The standard InChI is InChI=1S/C18H20F3N3O/c1-12(14-4-6-15(19)7-5-14)3-8-16(22)13(2)23-17(25)24-10-9-18(20,21)11-24/h3-8H,2,9-11,22H2,1H3,(H,23,25)/b12-3+,16-8+. The molecule has 0 atom stereocenters. The summed E-state index contributed by atoms with van der Waals surface area (Å²) in [6.45, 7) is 4.84. The number of halogens is 3. The molecule has 1 aromatic carbocycles. The SMILES string of the molecule is C=C(NC(=O)N1CCC(F)(F)C1)/C(N)=C\C=C(/C)c1ccc(F)cc1. The molecular formula is C18H20F3N3O. The Labute approximate surface area is 144 Å². The van der Waals surface area contributed by atoms with Gasteiger partial charge in [0.2, 0.25) is 0 Å². The number of amides is 2. The van der Waals surface area contributed by atoms with Gasteiger partial charge >= 0.3 is 6.03 Å². The minimum absolute atomic E-state index is 0.0146. The van der Waals surface area contributed by atoms with Gasteiger partial charge in [0.1, 0.15) is 5.82 Å². The van der Waals surface area contributed by atoms with Crippen LogP contribution in [0.25, 0.3) is 5.57 Å². The lowest BCUT2D eigenvalue weighted by atomic mass is 10.1. The molecule has 1 saturated heterocycles. The molecule has 7 heteroatoms. The van der Waals surface area contributed by atoms with Gasteiger partial charge in [-0.25, -0.2) is 18.0 Å². The number of alkyl halides is 2. The molecule has 2 amide bonds. The quantitative estimate of drug-likeness (QED) is 0.814. The van der Waals surface area contributed by atoms with Crippen molar-refractivity contribution in [3.63, 3.8) is 0 Å². The summed E-state index contributed by atoms with van der Waals surface area (Å²) in [5, 5.41) is 2.42. The summed E-state index contributed by atoms with van der Waals surface area (Å²) in [5.74, 6) is -3.18. The van der Waals surface area contributed by atoms with Crippen LogP contribution in [0.2, 0.25) is 0 Å². The van der Waals surface area contributed by atoms with E-state index in [0.29, 0.717) is 0 Å². The van der Waals surface area contributed by atoms with Gasteiger partial charge in [-0.3, -0.25) is 0 Å². The molecule has 2 rings (SSSR count). The second-order valence-electron chi connectivity index (χ2n) is 5.91. The molecule has 4 nitrogen and oxygen atoms in total. The second kappa shape index (κ2) is 7.46. The molecular weight excluding hydrogens is 331 g/mol. The zero-order valence-electron chi connectivity index (χ0n) is 13.9. The Hall–Kier alpha value is -2.70. The van der Waals surface area contributed by atoms with Gasteiger partial charge in [-0.15, -0.1) is 0 Å². The fourth-order valence-corrected chi connectivity index (χ4v) is 2.31. The average molecular weight is 351 g/mol. The van der Waals surface area contributed by atoms with Crippen LogP contribution in [0.1, 0.15) is 18.9 Å².